The lowest BCUT2D eigenvalue weighted by Crippen LogP contribution is -2.50. The average Bonchev–Trinajstić information content (AvgIpc) is 2.38. The number of nitrogens with zero attached hydrogens (tertiary/aromatic N) is 3. The number of piperidine rings is 1. The number of hydrogen-bond donors (Lipinski definition) is 1. The molecule has 2 fully saturated rings. The van der Waals surface area contributed by atoms with E-state index in [9.17, 15) is 0 Å². The average molecular weight is 268 g/mol. The molecule has 0 aromatic heterocycles. The first-order valence-corrected chi connectivity index (χ1v) is 7.93. The van der Waals surface area contributed by atoms with Crippen molar-refractivity contribution in [2.75, 3.05) is 67.0 Å². The SMILES string of the molecule is CN1CCCC(CN(C)CCC2CNCCN2C)C1. The highest BCUT2D eigenvalue weighted by molar-refractivity contribution is 4.79. The summed E-state index contributed by atoms with van der Waals surface area (Å²) in [5, 5.41) is 3.51. The van der Waals surface area contributed by atoms with Crippen molar-refractivity contribution in [2.45, 2.75) is 25.3 Å². The van der Waals surface area contributed by atoms with Crippen LogP contribution in [0.25, 0.3) is 0 Å². The number of nitrogens with one attached hydrogen (secondary N) is 1. The zero-order chi connectivity index (χ0) is 13.7. The zero-order valence-corrected chi connectivity index (χ0v) is 13.1. The minimum Gasteiger partial charge on any atom is -0.314 e. The normalized spacial score (nSPS) is 30.9. The van der Waals surface area contributed by atoms with Gasteiger partial charge in [0.25, 0.3) is 0 Å². The lowest BCUT2D eigenvalue weighted by Gasteiger charge is -2.35. The van der Waals surface area contributed by atoms with Crippen molar-refractivity contribution in [3.63, 3.8) is 0 Å². The van der Waals surface area contributed by atoms with E-state index in [1.807, 2.05) is 0 Å². The van der Waals surface area contributed by atoms with E-state index in [-0.39, 0.29) is 0 Å². The first kappa shape index (κ1) is 15.2. The van der Waals surface area contributed by atoms with Gasteiger partial charge in [-0.3, -0.25) is 0 Å². The van der Waals surface area contributed by atoms with Crippen molar-refractivity contribution in [3.05, 3.63) is 0 Å². The van der Waals surface area contributed by atoms with Gasteiger partial charge in [-0.1, -0.05) is 0 Å². The quantitative estimate of drug-likeness (QED) is 0.786. The molecular weight excluding hydrogens is 236 g/mol. The molecule has 19 heavy (non-hydrogen) atoms. The molecule has 2 heterocycles. The van der Waals surface area contributed by atoms with Crippen LogP contribution in [0.4, 0.5) is 0 Å². The van der Waals surface area contributed by atoms with E-state index < -0.39 is 0 Å². The van der Waals surface area contributed by atoms with E-state index in [4.69, 9.17) is 0 Å². The molecule has 2 saturated heterocycles. The summed E-state index contributed by atoms with van der Waals surface area (Å²) in [5.74, 6) is 0.881. The van der Waals surface area contributed by atoms with Gasteiger partial charge in [-0.25, -0.2) is 0 Å². The predicted molar refractivity (Wildman–Crippen MR) is 81.6 cm³/mol. The molecular formula is C15H32N4. The van der Waals surface area contributed by atoms with Gasteiger partial charge in [0.05, 0.1) is 0 Å². The molecule has 0 saturated carbocycles. The molecule has 0 bridgehead atoms. The second-order valence-corrected chi connectivity index (χ2v) is 6.66. The Bertz CT molecular complexity index is 259. The van der Waals surface area contributed by atoms with Gasteiger partial charge >= 0.3 is 0 Å². The summed E-state index contributed by atoms with van der Waals surface area (Å²) in [7, 11) is 6.82. The number of rotatable bonds is 5. The zero-order valence-electron chi connectivity index (χ0n) is 13.1. The van der Waals surface area contributed by atoms with Crippen LogP contribution in [-0.2, 0) is 0 Å². The third kappa shape index (κ3) is 5.03. The van der Waals surface area contributed by atoms with Gasteiger partial charge in [-0.2, -0.15) is 0 Å². The Morgan fingerprint density at radius 3 is 2.84 bits per heavy atom. The molecule has 0 amide bonds. The predicted octanol–water partition coefficient (Wildman–Crippen LogP) is 0.554. The number of likely N-dealkylation sites (tertiary alicyclic amines) is 1. The highest BCUT2D eigenvalue weighted by atomic mass is 15.2. The Morgan fingerprint density at radius 1 is 1.26 bits per heavy atom. The molecule has 0 aromatic carbocycles. The maximum atomic E-state index is 3.51. The van der Waals surface area contributed by atoms with Crippen molar-refractivity contribution in [1.29, 1.82) is 0 Å². The molecule has 4 heteroatoms. The lowest BCUT2D eigenvalue weighted by molar-refractivity contribution is 0.144. The number of hydrogen-bond acceptors (Lipinski definition) is 4. The highest BCUT2D eigenvalue weighted by Crippen LogP contribution is 2.16. The molecule has 0 aromatic rings. The Hall–Kier alpha value is -0.160. The van der Waals surface area contributed by atoms with Gasteiger partial charge in [-0.15, -0.1) is 0 Å². The number of likely N-dealkylation sites (N-methyl/N-ethyl adjacent to an activating group) is 1. The fourth-order valence-corrected chi connectivity index (χ4v) is 3.51. The molecule has 2 aliphatic rings. The van der Waals surface area contributed by atoms with Crippen molar-refractivity contribution in [2.24, 2.45) is 5.92 Å². The molecule has 2 atom stereocenters. The van der Waals surface area contributed by atoms with Crippen LogP contribution >= 0.6 is 0 Å². The van der Waals surface area contributed by atoms with Gasteiger partial charge in [0.15, 0.2) is 0 Å². The first-order valence-electron chi connectivity index (χ1n) is 7.93. The van der Waals surface area contributed by atoms with Crippen LogP contribution in [0.15, 0.2) is 0 Å². The van der Waals surface area contributed by atoms with E-state index in [2.05, 4.69) is 41.2 Å². The van der Waals surface area contributed by atoms with E-state index in [0.717, 1.165) is 25.0 Å². The van der Waals surface area contributed by atoms with Gasteiger partial charge in [0.1, 0.15) is 0 Å². The largest absolute Gasteiger partial charge is 0.314 e. The second kappa shape index (κ2) is 7.58. The monoisotopic (exact) mass is 268 g/mol. The highest BCUT2D eigenvalue weighted by Gasteiger charge is 2.21. The lowest BCUT2D eigenvalue weighted by atomic mass is 9.98. The van der Waals surface area contributed by atoms with Crippen LogP contribution in [0.1, 0.15) is 19.3 Å². The number of piperazine rings is 1. The second-order valence-electron chi connectivity index (χ2n) is 6.66. The fourth-order valence-electron chi connectivity index (χ4n) is 3.51. The Morgan fingerprint density at radius 2 is 2.11 bits per heavy atom. The molecule has 1 N–H and O–H groups in total. The summed E-state index contributed by atoms with van der Waals surface area (Å²) in [6.45, 7) is 8.59. The van der Waals surface area contributed by atoms with Gasteiger partial charge < -0.3 is 20.0 Å². The smallest absolute Gasteiger partial charge is 0.0230 e. The van der Waals surface area contributed by atoms with Crippen molar-refractivity contribution in [3.8, 4) is 0 Å². The Kier molecular flexibility index (Phi) is 6.07. The van der Waals surface area contributed by atoms with Gasteiger partial charge in [-0.05, 0) is 59.4 Å². The Labute approximate surface area is 119 Å². The Balaban J connectivity index is 1.64. The standard InChI is InChI=1S/C15H32N4/c1-17-8-4-5-14(12-17)13-18(2)9-6-15-11-16-7-10-19(15)3/h14-16H,4-13H2,1-3H3. The van der Waals surface area contributed by atoms with Crippen LogP contribution < -0.4 is 5.32 Å². The molecule has 2 unspecified atom stereocenters. The molecule has 2 rings (SSSR count). The topological polar surface area (TPSA) is 21.8 Å². The summed E-state index contributed by atoms with van der Waals surface area (Å²) in [6.07, 6.45) is 4.09. The maximum Gasteiger partial charge on any atom is 0.0230 e. The van der Waals surface area contributed by atoms with Crippen molar-refractivity contribution in [1.82, 2.24) is 20.0 Å². The summed E-state index contributed by atoms with van der Waals surface area (Å²) < 4.78 is 0. The molecule has 0 spiro atoms. The molecule has 112 valence electrons. The molecule has 0 aliphatic carbocycles. The molecule has 0 radical (unpaired) electrons. The van der Waals surface area contributed by atoms with E-state index >= 15 is 0 Å². The van der Waals surface area contributed by atoms with Crippen LogP contribution in [0.3, 0.4) is 0 Å². The van der Waals surface area contributed by atoms with Crippen LogP contribution in [-0.4, -0.2) is 87.7 Å². The van der Waals surface area contributed by atoms with Crippen molar-refractivity contribution < 1.29 is 0 Å². The summed E-state index contributed by atoms with van der Waals surface area (Å²) in [4.78, 5) is 7.55. The first-order chi connectivity index (χ1) is 9.15. The summed E-state index contributed by atoms with van der Waals surface area (Å²) in [5.41, 5.74) is 0. The van der Waals surface area contributed by atoms with E-state index in [1.165, 1.54) is 52.0 Å². The van der Waals surface area contributed by atoms with Crippen LogP contribution in [0.2, 0.25) is 0 Å². The van der Waals surface area contributed by atoms with Gasteiger partial charge in [0, 0.05) is 38.8 Å². The van der Waals surface area contributed by atoms with Crippen LogP contribution in [0, 0.1) is 5.92 Å². The fraction of sp³-hybridized carbons (Fsp3) is 1.00. The van der Waals surface area contributed by atoms with E-state index in [1.54, 1.807) is 0 Å². The molecule has 2 aliphatic heterocycles. The minimum absolute atomic E-state index is 0.727. The minimum atomic E-state index is 0.727. The molecule has 4 nitrogen and oxygen atoms in total. The maximum absolute atomic E-state index is 3.51. The summed E-state index contributed by atoms with van der Waals surface area (Å²) >= 11 is 0. The third-order valence-electron chi connectivity index (χ3n) is 4.78. The third-order valence-corrected chi connectivity index (χ3v) is 4.78. The van der Waals surface area contributed by atoms with Gasteiger partial charge in [0.2, 0.25) is 0 Å². The van der Waals surface area contributed by atoms with Crippen molar-refractivity contribution >= 4 is 0 Å². The summed E-state index contributed by atoms with van der Waals surface area (Å²) in [6, 6.07) is 0.727. The van der Waals surface area contributed by atoms with Crippen LogP contribution in [0.5, 0.6) is 0 Å². The van der Waals surface area contributed by atoms with E-state index in [0.29, 0.717) is 0 Å².